The van der Waals surface area contributed by atoms with E-state index in [1.165, 1.54) is 4.57 Å². The van der Waals surface area contributed by atoms with Crippen LogP contribution in [0.1, 0.15) is 37.9 Å². The van der Waals surface area contributed by atoms with E-state index in [1.54, 1.807) is 42.3 Å². The summed E-state index contributed by atoms with van der Waals surface area (Å²) in [7, 11) is 1.73. The maximum absolute atomic E-state index is 14.1. The van der Waals surface area contributed by atoms with Gasteiger partial charge in [0.05, 0.1) is 30.2 Å². The fraction of sp³-hybridized carbons (Fsp3) is 0.519. The Bertz CT molecular complexity index is 1400. The van der Waals surface area contributed by atoms with Gasteiger partial charge in [-0.3, -0.25) is 14.2 Å². The molecule has 2 aromatic heterocycles. The Morgan fingerprint density at radius 2 is 1.88 bits per heavy atom. The summed E-state index contributed by atoms with van der Waals surface area (Å²) >= 11 is 0. The highest BCUT2D eigenvalue weighted by Gasteiger charge is 2.35. The van der Waals surface area contributed by atoms with Crippen LogP contribution in [0.15, 0.2) is 30.3 Å². The quantitative estimate of drug-likeness (QED) is 0.458. The van der Waals surface area contributed by atoms with Crippen LogP contribution in [0, 0.1) is 5.92 Å². The fourth-order valence-corrected chi connectivity index (χ4v) is 5.56. The lowest BCUT2D eigenvalue weighted by molar-refractivity contribution is -0.137. The number of ether oxygens (including phenoxy) is 1. The number of rotatable bonds is 7. The number of piperidine rings is 1. The van der Waals surface area contributed by atoms with Crippen LogP contribution in [0.5, 0.6) is 0 Å². The topological polar surface area (TPSA) is 118 Å². The highest BCUT2D eigenvalue weighted by Crippen LogP contribution is 2.31. The Balaban J connectivity index is 1.21. The Kier molecular flexibility index (Phi) is 7.22. The predicted molar refractivity (Wildman–Crippen MR) is 144 cm³/mol. The van der Waals surface area contributed by atoms with Crippen LogP contribution < -0.4 is 15.5 Å². The maximum atomic E-state index is 14.1. The van der Waals surface area contributed by atoms with E-state index in [-0.39, 0.29) is 35.6 Å². The van der Waals surface area contributed by atoms with Crippen molar-refractivity contribution in [3.05, 3.63) is 36.2 Å². The largest absolute Gasteiger partial charge is 0.378 e. The van der Waals surface area contributed by atoms with E-state index in [0.717, 1.165) is 0 Å². The van der Waals surface area contributed by atoms with E-state index in [9.17, 15) is 18.4 Å². The Labute approximate surface area is 229 Å². The van der Waals surface area contributed by atoms with Gasteiger partial charge >= 0.3 is 0 Å². The van der Waals surface area contributed by atoms with Crippen molar-refractivity contribution >= 4 is 34.6 Å². The van der Waals surface area contributed by atoms with Crippen molar-refractivity contribution < 1.29 is 23.1 Å². The summed E-state index contributed by atoms with van der Waals surface area (Å²) in [5, 5.41) is 6.52. The van der Waals surface area contributed by atoms with Crippen LogP contribution in [0.4, 0.5) is 20.5 Å². The Morgan fingerprint density at radius 1 is 1.10 bits per heavy atom. The van der Waals surface area contributed by atoms with E-state index in [2.05, 4.69) is 20.6 Å². The summed E-state index contributed by atoms with van der Waals surface area (Å²) in [5.74, 6) is 0.746. The molecule has 2 aliphatic heterocycles. The summed E-state index contributed by atoms with van der Waals surface area (Å²) in [6.07, 6.45) is -0.416. The van der Waals surface area contributed by atoms with Gasteiger partial charge in [0.2, 0.25) is 17.8 Å². The third-order valence-corrected chi connectivity index (χ3v) is 7.84. The average Bonchev–Trinajstić information content (AvgIpc) is 3.34. The van der Waals surface area contributed by atoms with Gasteiger partial charge in [0, 0.05) is 51.3 Å². The van der Waals surface area contributed by atoms with Crippen molar-refractivity contribution in [2.75, 3.05) is 50.1 Å². The molecule has 13 heteroatoms. The number of carbonyl (C=O) groups is 2. The fourth-order valence-electron chi connectivity index (χ4n) is 5.56. The summed E-state index contributed by atoms with van der Waals surface area (Å²) in [6.45, 7) is 2.68. The number of para-hydroxylation sites is 2. The molecule has 3 aliphatic rings. The molecular formula is C27H32F2N8O3. The molecule has 0 spiro atoms. The van der Waals surface area contributed by atoms with Crippen molar-refractivity contribution in [1.82, 2.24) is 29.7 Å². The van der Waals surface area contributed by atoms with Crippen LogP contribution in [0.2, 0.25) is 0 Å². The molecule has 1 aromatic carbocycles. The number of hydrogen-bond acceptors (Lipinski definition) is 8. The maximum Gasteiger partial charge on any atom is 0.296 e. The second-order valence-electron chi connectivity index (χ2n) is 10.6. The molecule has 40 heavy (non-hydrogen) atoms. The molecule has 1 saturated carbocycles. The zero-order chi connectivity index (χ0) is 27.8. The van der Waals surface area contributed by atoms with Gasteiger partial charge in [-0.1, -0.05) is 12.1 Å². The minimum atomic E-state index is -2.79. The first-order valence-corrected chi connectivity index (χ1v) is 13.6. The molecule has 4 heterocycles. The van der Waals surface area contributed by atoms with Crippen LogP contribution in [0.3, 0.4) is 0 Å². The summed E-state index contributed by atoms with van der Waals surface area (Å²) < 4.78 is 35.0. The van der Waals surface area contributed by atoms with Crippen LogP contribution in [-0.2, 0) is 14.3 Å². The van der Waals surface area contributed by atoms with E-state index in [4.69, 9.17) is 9.72 Å². The number of fused-ring (bicyclic) bond motifs is 1. The molecule has 11 nitrogen and oxygen atoms in total. The molecule has 0 bridgehead atoms. The minimum Gasteiger partial charge on any atom is -0.378 e. The third-order valence-electron chi connectivity index (χ3n) is 7.84. The molecule has 0 radical (unpaired) electrons. The number of aromatic nitrogens is 4. The summed E-state index contributed by atoms with van der Waals surface area (Å²) in [4.78, 5) is 41.6. The number of nitrogens with zero attached hydrogens (tertiary/aromatic N) is 6. The van der Waals surface area contributed by atoms with E-state index < -0.39 is 6.43 Å². The van der Waals surface area contributed by atoms with Gasteiger partial charge in [-0.25, -0.2) is 13.8 Å². The van der Waals surface area contributed by atoms with Gasteiger partial charge in [-0.15, -0.1) is 0 Å². The lowest BCUT2D eigenvalue weighted by Gasteiger charge is -2.38. The van der Waals surface area contributed by atoms with E-state index in [1.807, 2.05) is 4.90 Å². The number of imidazole rings is 1. The molecule has 3 aromatic rings. The standard InChI is InChI=1S/C27H32F2N8O3/c1-35-15-16(6-7-23(35)38)26(39)31-18-12-17(13-18)30-21-14-22(34-27(33-21)36-8-10-40-11-9-36)37-20-5-3-2-4-19(20)32-25(37)24(28)29/h2-5,14,16-18,24H,6-13,15H2,1H3,(H,31,39)(H,30,33,34)/t16?,17-,18-. The Hall–Kier alpha value is -3.87. The van der Waals surface area contributed by atoms with Crippen molar-refractivity contribution in [3.8, 4) is 5.82 Å². The number of halogens is 2. The predicted octanol–water partition coefficient (Wildman–Crippen LogP) is 2.52. The van der Waals surface area contributed by atoms with E-state index >= 15 is 0 Å². The molecule has 212 valence electrons. The van der Waals surface area contributed by atoms with Gasteiger partial charge in [0.15, 0.2) is 5.82 Å². The second-order valence-corrected chi connectivity index (χ2v) is 10.6. The van der Waals surface area contributed by atoms with Gasteiger partial charge < -0.3 is 25.2 Å². The SMILES string of the molecule is CN1CC(C(=O)N[C@H]2C[C@H](Nc3cc(-n4c(C(F)F)nc5ccccc54)nc(N4CCOCC4)n3)C2)CCC1=O. The number of amides is 2. The normalized spacial score (nSPS) is 23.4. The van der Waals surface area contributed by atoms with Gasteiger partial charge in [0.25, 0.3) is 6.43 Å². The molecule has 1 aliphatic carbocycles. The number of anilines is 2. The van der Waals surface area contributed by atoms with Crippen molar-refractivity contribution in [1.29, 1.82) is 0 Å². The number of nitrogens with one attached hydrogen (secondary N) is 2. The number of alkyl halides is 2. The number of likely N-dealkylation sites (tertiary alicyclic amines) is 1. The average molecular weight is 555 g/mol. The summed E-state index contributed by atoms with van der Waals surface area (Å²) in [6, 6.07) is 8.74. The molecule has 2 amide bonds. The highest BCUT2D eigenvalue weighted by molar-refractivity contribution is 5.84. The number of carbonyl (C=O) groups excluding carboxylic acids is 2. The zero-order valence-electron chi connectivity index (χ0n) is 22.2. The lowest BCUT2D eigenvalue weighted by Crippen LogP contribution is -2.53. The minimum absolute atomic E-state index is 0.0201. The highest BCUT2D eigenvalue weighted by atomic mass is 19.3. The first kappa shape index (κ1) is 26.4. The molecule has 2 N–H and O–H groups in total. The lowest BCUT2D eigenvalue weighted by atomic mass is 9.85. The van der Waals surface area contributed by atoms with Gasteiger partial charge in [-0.05, 0) is 31.4 Å². The first-order valence-electron chi connectivity index (χ1n) is 13.6. The number of benzene rings is 1. The third kappa shape index (κ3) is 5.29. The molecular weight excluding hydrogens is 522 g/mol. The molecule has 1 atom stereocenters. The van der Waals surface area contributed by atoms with Crippen LogP contribution in [-0.4, -0.2) is 88.2 Å². The summed E-state index contributed by atoms with van der Waals surface area (Å²) in [5.41, 5.74) is 1.00. The molecule has 2 saturated heterocycles. The second kappa shape index (κ2) is 11.0. The van der Waals surface area contributed by atoms with E-state index in [0.29, 0.717) is 87.1 Å². The zero-order valence-corrected chi connectivity index (χ0v) is 22.2. The van der Waals surface area contributed by atoms with Gasteiger partial charge in [-0.2, -0.15) is 9.97 Å². The van der Waals surface area contributed by atoms with Crippen molar-refractivity contribution in [2.24, 2.45) is 5.92 Å². The van der Waals surface area contributed by atoms with Gasteiger partial charge in [0.1, 0.15) is 11.6 Å². The Morgan fingerprint density at radius 3 is 2.62 bits per heavy atom. The first-order chi connectivity index (χ1) is 19.4. The molecule has 3 fully saturated rings. The molecule has 1 unspecified atom stereocenters. The number of hydrogen-bond donors (Lipinski definition) is 2. The monoisotopic (exact) mass is 554 g/mol. The van der Waals surface area contributed by atoms with Crippen LogP contribution in [0.25, 0.3) is 16.9 Å². The smallest absolute Gasteiger partial charge is 0.296 e. The molecule has 6 rings (SSSR count). The van der Waals surface area contributed by atoms with Crippen molar-refractivity contribution in [2.45, 2.75) is 44.2 Å². The van der Waals surface area contributed by atoms with Crippen LogP contribution >= 0.6 is 0 Å². The van der Waals surface area contributed by atoms with Crippen molar-refractivity contribution in [3.63, 3.8) is 0 Å². The number of morpholine rings is 1.